The normalized spacial score (nSPS) is 5.56. The second kappa shape index (κ2) is 10.9. The molecule has 0 aromatic carbocycles. The van der Waals surface area contributed by atoms with E-state index in [1.807, 2.05) is 0 Å². The van der Waals surface area contributed by atoms with Gasteiger partial charge in [-0.2, -0.15) is 0 Å². The number of carboxylic acids is 2. The maximum atomic E-state index is 9.00. The second-order valence-corrected chi connectivity index (χ2v) is 1.04. The SMILES string of the molecule is CC(=O)O.CC(=O)O.[U]. The van der Waals surface area contributed by atoms with Crippen molar-refractivity contribution in [2.75, 3.05) is 0 Å². The van der Waals surface area contributed by atoms with Gasteiger partial charge in [-0.15, -0.1) is 0 Å². The van der Waals surface area contributed by atoms with E-state index in [1.54, 1.807) is 0 Å². The Morgan fingerprint density at radius 1 is 1.00 bits per heavy atom. The molecule has 2 N–H and O–H groups in total. The third kappa shape index (κ3) is 4430000. The first-order valence-electron chi connectivity index (χ1n) is 1.86. The molecule has 0 heterocycles. The standard InChI is InChI=1S/2C2H4O2.U/c2*1-2(3)4;/h2*1H3,(H,3,4);. The fourth-order valence-electron chi connectivity index (χ4n) is 0. The van der Waals surface area contributed by atoms with E-state index in [9.17, 15) is 0 Å². The Labute approximate surface area is 76.6 Å². The van der Waals surface area contributed by atoms with E-state index < -0.39 is 11.9 Å². The van der Waals surface area contributed by atoms with E-state index in [0.29, 0.717) is 0 Å². The minimum atomic E-state index is -0.833. The van der Waals surface area contributed by atoms with Gasteiger partial charge in [-0.25, -0.2) is 0 Å². The van der Waals surface area contributed by atoms with Gasteiger partial charge in [0.1, 0.15) is 0 Å². The first kappa shape index (κ1) is 16.0. The van der Waals surface area contributed by atoms with Crippen molar-refractivity contribution in [3.8, 4) is 0 Å². The molecule has 0 spiro atoms. The molecule has 0 bridgehead atoms. The first-order chi connectivity index (χ1) is 3.46. The van der Waals surface area contributed by atoms with E-state index in [2.05, 4.69) is 0 Å². The average Bonchev–Trinajstić information content (AvgIpc) is 1.25. The summed E-state index contributed by atoms with van der Waals surface area (Å²) in [6, 6.07) is 0. The van der Waals surface area contributed by atoms with Crippen LogP contribution < -0.4 is 0 Å². The molecule has 0 saturated heterocycles. The molecule has 0 radical (unpaired) electrons. The molecule has 0 aromatic rings. The van der Waals surface area contributed by atoms with Gasteiger partial charge in [0.15, 0.2) is 0 Å². The van der Waals surface area contributed by atoms with Crippen LogP contribution in [0.3, 0.4) is 0 Å². The third-order valence-corrected chi connectivity index (χ3v) is 0. The van der Waals surface area contributed by atoms with Crippen LogP contribution in [0.1, 0.15) is 13.8 Å². The minimum Gasteiger partial charge on any atom is -0.481 e. The number of carboxylic acid groups (broad SMARTS) is 2. The molecule has 9 heavy (non-hydrogen) atoms. The van der Waals surface area contributed by atoms with E-state index in [1.165, 1.54) is 0 Å². The van der Waals surface area contributed by atoms with Gasteiger partial charge >= 0.3 is 0 Å². The van der Waals surface area contributed by atoms with Crippen LogP contribution in [0.4, 0.5) is 0 Å². The number of aliphatic carboxylic acids is 2. The molecule has 0 amide bonds. The maximum Gasteiger partial charge on any atom is 0.300 e. The molecule has 0 saturated carbocycles. The van der Waals surface area contributed by atoms with Gasteiger partial charge < -0.3 is 10.2 Å². The first-order valence-corrected chi connectivity index (χ1v) is 1.86. The van der Waals surface area contributed by atoms with Gasteiger partial charge in [0.2, 0.25) is 0 Å². The largest absolute Gasteiger partial charge is 0.481 e. The summed E-state index contributed by atoms with van der Waals surface area (Å²) in [6.45, 7) is 2.17. The number of hydrogen-bond acceptors (Lipinski definition) is 2. The van der Waals surface area contributed by atoms with E-state index in [-0.39, 0.29) is 31.1 Å². The van der Waals surface area contributed by atoms with E-state index in [4.69, 9.17) is 19.8 Å². The summed E-state index contributed by atoms with van der Waals surface area (Å²) < 4.78 is 0. The van der Waals surface area contributed by atoms with Crippen molar-refractivity contribution in [1.82, 2.24) is 0 Å². The quantitative estimate of drug-likeness (QED) is 0.648. The predicted molar refractivity (Wildman–Crippen MR) is 26.6 cm³/mol. The predicted octanol–water partition coefficient (Wildman–Crippen LogP) is 0.182. The topological polar surface area (TPSA) is 74.6 Å². The summed E-state index contributed by atoms with van der Waals surface area (Å²) in [7, 11) is 0. The van der Waals surface area contributed by atoms with Crippen molar-refractivity contribution < 1.29 is 50.9 Å². The summed E-state index contributed by atoms with van der Waals surface area (Å²) in [4.78, 5) is 18.0. The molecule has 0 aliphatic carbocycles. The van der Waals surface area contributed by atoms with Crippen molar-refractivity contribution >= 4 is 11.9 Å². The summed E-state index contributed by atoms with van der Waals surface area (Å²) in [5.41, 5.74) is 0. The molecule has 4 nitrogen and oxygen atoms in total. The summed E-state index contributed by atoms with van der Waals surface area (Å²) in [5, 5.41) is 14.8. The van der Waals surface area contributed by atoms with Gasteiger partial charge in [-0.05, 0) is 0 Å². The van der Waals surface area contributed by atoms with Gasteiger partial charge in [-0.3, -0.25) is 9.59 Å². The van der Waals surface area contributed by atoms with Gasteiger partial charge in [0.05, 0.1) is 0 Å². The van der Waals surface area contributed by atoms with Crippen LogP contribution in [0, 0.1) is 31.1 Å². The van der Waals surface area contributed by atoms with Crippen LogP contribution in [-0.2, 0) is 9.59 Å². The van der Waals surface area contributed by atoms with Crippen molar-refractivity contribution in [2.24, 2.45) is 0 Å². The molecule has 0 rings (SSSR count). The molecule has 0 atom stereocenters. The molecule has 5 heteroatoms. The molecule has 52 valence electrons. The molecule has 0 aromatic heterocycles. The van der Waals surface area contributed by atoms with Crippen LogP contribution in [0.2, 0.25) is 0 Å². The number of carbonyl (C=O) groups is 2. The number of rotatable bonds is 0. The molecule has 0 unspecified atom stereocenters. The molecular formula is C4H8O4U. The number of hydrogen-bond donors (Lipinski definition) is 2. The fraction of sp³-hybridized carbons (Fsp3) is 0.500. The van der Waals surface area contributed by atoms with Crippen LogP contribution in [0.15, 0.2) is 0 Å². The van der Waals surface area contributed by atoms with Crippen LogP contribution >= 0.6 is 0 Å². The Bertz CT molecular complexity index is 70.6. The molecule has 0 fully saturated rings. The van der Waals surface area contributed by atoms with Crippen LogP contribution in [0.25, 0.3) is 0 Å². The van der Waals surface area contributed by atoms with Crippen molar-refractivity contribution in [3.05, 3.63) is 0 Å². The Hall–Kier alpha value is -0.00805. The summed E-state index contributed by atoms with van der Waals surface area (Å²) in [5.74, 6) is -1.67. The Balaban J connectivity index is -0.0000000720. The van der Waals surface area contributed by atoms with Crippen molar-refractivity contribution in [1.29, 1.82) is 0 Å². The Kier molecular flexibility index (Phi) is 19.3. The zero-order chi connectivity index (χ0) is 7.15. The maximum absolute atomic E-state index is 9.00. The third-order valence-electron chi connectivity index (χ3n) is 0. The monoisotopic (exact) mass is 358 g/mol. The Morgan fingerprint density at radius 2 is 1.00 bits per heavy atom. The summed E-state index contributed by atoms with van der Waals surface area (Å²) >= 11 is 0. The van der Waals surface area contributed by atoms with Crippen molar-refractivity contribution in [2.45, 2.75) is 13.8 Å². The van der Waals surface area contributed by atoms with Gasteiger partial charge in [0.25, 0.3) is 11.9 Å². The van der Waals surface area contributed by atoms with Gasteiger partial charge in [-0.1, -0.05) is 0 Å². The fourth-order valence-corrected chi connectivity index (χ4v) is 0. The molecule has 0 aliphatic rings. The van der Waals surface area contributed by atoms with E-state index in [0.717, 1.165) is 13.8 Å². The minimum absolute atomic E-state index is 0. The van der Waals surface area contributed by atoms with E-state index >= 15 is 0 Å². The smallest absolute Gasteiger partial charge is 0.300 e. The van der Waals surface area contributed by atoms with Gasteiger partial charge in [0, 0.05) is 45.0 Å². The second-order valence-electron chi connectivity index (χ2n) is 1.04. The Morgan fingerprint density at radius 3 is 1.00 bits per heavy atom. The average molecular weight is 358 g/mol. The van der Waals surface area contributed by atoms with Crippen LogP contribution in [-0.4, -0.2) is 22.2 Å². The summed E-state index contributed by atoms with van der Waals surface area (Å²) in [6.07, 6.45) is 0. The zero-order valence-electron chi connectivity index (χ0n) is 5.21. The van der Waals surface area contributed by atoms with Crippen LogP contribution in [0.5, 0.6) is 0 Å². The van der Waals surface area contributed by atoms with Crippen molar-refractivity contribution in [3.63, 3.8) is 0 Å². The zero-order valence-corrected chi connectivity index (χ0v) is 9.37. The molecular weight excluding hydrogens is 350 g/mol. The molecule has 0 aliphatic heterocycles.